The van der Waals surface area contributed by atoms with E-state index in [2.05, 4.69) is 5.32 Å². The van der Waals surface area contributed by atoms with E-state index in [0.717, 1.165) is 23.6 Å². The molecule has 1 aliphatic rings. The summed E-state index contributed by atoms with van der Waals surface area (Å²) in [5.74, 6) is -0.0829. The number of hydrogen-bond acceptors (Lipinski definition) is 3. The first-order chi connectivity index (χ1) is 8.49. The van der Waals surface area contributed by atoms with Crippen molar-refractivity contribution in [3.05, 3.63) is 20.8 Å². The van der Waals surface area contributed by atoms with E-state index in [1.54, 1.807) is 11.3 Å². The van der Waals surface area contributed by atoms with Gasteiger partial charge in [0.25, 0.3) is 0 Å². The number of amides is 1. The lowest BCUT2D eigenvalue weighted by atomic mass is 9.92. The molecule has 2 rings (SSSR count). The van der Waals surface area contributed by atoms with Crippen LogP contribution in [0.25, 0.3) is 0 Å². The van der Waals surface area contributed by atoms with Gasteiger partial charge in [-0.15, -0.1) is 11.3 Å². The predicted octanol–water partition coefficient (Wildman–Crippen LogP) is 2.88. The van der Waals surface area contributed by atoms with Crippen LogP contribution in [0.4, 0.5) is 0 Å². The van der Waals surface area contributed by atoms with Crippen LogP contribution in [0.15, 0.2) is 6.07 Å². The minimum absolute atomic E-state index is 0.196. The number of nitrogens with two attached hydrogens (primary N) is 1. The summed E-state index contributed by atoms with van der Waals surface area (Å²) in [6.07, 6.45) is 3.26. The van der Waals surface area contributed by atoms with Crippen molar-refractivity contribution in [2.24, 2.45) is 11.7 Å². The molecule has 2 unspecified atom stereocenters. The minimum atomic E-state index is -0.279. The fraction of sp³-hybridized carbons (Fsp3) is 0.615. The maximum atomic E-state index is 11.5. The number of carbonyl (C=O) groups is 1. The Kier molecular flexibility index (Phi) is 4.30. The second kappa shape index (κ2) is 5.59. The molecule has 5 heteroatoms. The van der Waals surface area contributed by atoms with Crippen LogP contribution in [0.3, 0.4) is 0 Å². The molecule has 1 aromatic heterocycles. The van der Waals surface area contributed by atoms with Crippen molar-refractivity contribution in [1.29, 1.82) is 0 Å². The van der Waals surface area contributed by atoms with Gasteiger partial charge in [0.15, 0.2) is 0 Å². The molecule has 0 bridgehead atoms. The lowest BCUT2D eigenvalue weighted by Gasteiger charge is -2.29. The molecular formula is C13H19ClN2OS. The highest BCUT2D eigenvalue weighted by molar-refractivity contribution is 7.16. The molecule has 0 saturated carbocycles. The third-order valence-corrected chi connectivity index (χ3v) is 4.78. The first-order valence-corrected chi connectivity index (χ1v) is 7.52. The van der Waals surface area contributed by atoms with Crippen molar-refractivity contribution in [1.82, 2.24) is 5.32 Å². The van der Waals surface area contributed by atoms with E-state index >= 15 is 0 Å². The molecule has 100 valence electrons. The molecule has 1 aromatic rings. The zero-order valence-electron chi connectivity index (χ0n) is 10.7. The molecule has 1 amide bonds. The second-order valence-electron chi connectivity index (χ2n) is 5.16. The normalized spacial score (nSPS) is 20.8. The number of hydrogen-bond donors (Lipinski definition) is 2. The van der Waals surface area contributed by atoms with Crippen LogP contribution in [0.2, 0.25) is 4.34 Å². The Morgan fingerprint density at radius 3 is 2.94 bits per heavy atom. The molecule has 1 heterocycles. The zero-order valence-corrected chi connectivity index (χ0v) is 12.3. The quantitative estimate of drug-likeness (QED) is 0.894. The van der Waals surface area contributed by atoms with Gasteiger partial charge >= 0.3 is 0 Å². The smallest absolute Gasteiger partial charge is 0.234 e. The molecule has 2 atom stereocenters. The summed E-state index contributed by atoms with van der Waals surface area (Å²) in [7, 11) is 0. The van der Waals surface area contributed by atoms with Crippen molar-refractivity contribution in [2.75, 3.05) is 0 Å². The molecular weight excluding hydrogens is 268 g/mol. The van der Waals surface area contributed by atoms with Crippen LogP contribution >= 0.6 is 22.9 Å². The van der Waals surface area contributed by atoms with E-state index < -0.39 is 0 Å². The SMILES string of the molecule is CC(C)C(NC1CCCc2sc(Cl)cc21)C(N)=O. The maximum absolute atomic E-state index is 11.5. The van der Waals surface area contributed by atoms with E-state index in [1.807, 2.05) is 19.9 Å². The fourth-order valence-electron chi connectivity index (χ4n) is 2.51. The van der Waals surface area contributed by atoms with Crippen LogP contribution in [-0.2, 0) is 11.2 Å². The summed E-state index contributed by atoms with van der Waals surface area (Å²) in [4.78, 5) is 12.8. The Hall–Kier alpha value is -0.580. The van der Waals surface area contributed by atoms with Crippen molar-refractivity contribution >= 4 is 28.8 Å². The Labute approximate surface area is 117 Å². The number of thiophene rings is 1. The van der Waals surface area contributed by atoms with Crippen LogP contribution < -0.4 is 11.1 Å². The monoisotopic (exact) mass is 286 g/mol. The number of halogens is 1. The summed E-state index contributed by atoms with van der Waals surface area (Å²) in [6.45, 7) is 4.01. The Morgan fingerprint density at radius 2 is 2.33 bits per heavy atom. The standard InChI is InChI=1S/C13H19ClN2OS/c1-7(2)12(13(15)17)16-9-4-3-5-10-8(9)6-11(14)18-10/h6-7,9,12,16H,3-5H2,1-2H3,(H2,15,17). The summed E-state index contributed by atoms with van der Waals surface area (Å²) in [6, 6.07) is 1.95. The van der Waals surface area contributed by atoms with Gasteiger partial charge in [0.2, 0.25) is 5.91 Å². The number of primary amides is 1. The highest BCUT2D eigenvalue weighted by Gasteiger charge is 2.28. The fourth-order valence-corrected chi connectivity index (χ4v) is 3.90. The molecule has 0 spiro atoms. The summed E-state index contributed by atoms with van der Waals surface area (Å²) < 4.78 is 0.828. The van der Waals surface area contributed by atoms with Crippen LogP contribution in [0, 0.1) is 5.92 Å². The van der Waals surface area contributed by atoms with Crippen LogP contribution in [0.1, 0.15) is 43.2 Å². The minimum Gasteiger partial charge on any atom is -0.368 e. The average molecular weight is 287 g/mol. The number of rotatable bonds is 4. The van der Waals surface area contributed by atoms with Crippen LogP contribution in [-0.4, -0.2) is 11.9 Å². The van der Waals surface area contributed by atoms with Crippen LogP contribution in [0.5, 0.6) is 0 Å². The first kappa shape index (κ1) is 13.8. The van der Waals surface area contributed by atoms with Gasteiger partial charge in [-0.3, -0.25) is 10.1 Å². The van der Waals surface area contributed by atoms with E-state index in [0.29, 0.717) is 0 Å². The molecule has 0 aromatic carbocycles. The zero-order chi connectivity index (χ0) is 13.3. The van der Waals surface area contributed by atoms with Crippen molar-refractivity contribution < 1.29 is 4.79 Å². The topological polar surface area (TPSA) is 55.1 Å². The molecule has 0 aliphatic heterocycles. The summed E-state index contributed by atoms with van der Waals surface area (Å²) in [5.41, 5.74) is 6.71. The molecule has 0 saturated heterocycles. The van der Waals surface area contributed by atoms with Crippen molar-refractivity contribution in [3.8, 4) is 0 Å². The van der Waals surface area contributed by atoms with Gasteiger partial charge in [0.05, 0.1) is 10.4 Å². The number of aryl methyl sites for hydroxylation is 1. The van der Waals surface area contributed by atoms with E-state index in [4.69, 9.17) is 17.3 Å². The largest absolute Gasteiger partial charge is 0.368 e. The van der Waals surface area contributed by atoms with Gasteiger partial charge in [-0.2, -0.15) is 0 Å². The Balaban J connectivity index is 2.17. The Morgan fingerprint density at radius 1 is 1.61 bits per heavy atom. The number of carbonyl (C=O) groups excluding carboxylic acids is 1. The van der Waals surface area contributed by atoms with Crippen molar-refractivity contribution in [2.45, 2.75) is 45.2 Å². The van der Waals surface area contributed by atoms with Gasteiger partial charge < -0.3 is 5.73 Å². The van der Waals surface area contributed by atoms with Gasteiger partial charge in [-0.25, -0.2) is 0 Å². The van der Waals surface area contributed by atoms with Crippen molar-refractivity contribution in [3.63, 3.8) is 0 Å². The predicted molar refractivity (Wildman–Crippen MR) is 76.0 cm³/mol. The highest BCUT2D eigenvalue weighted by atomic mass is 35.5. The highest BCUT2D eigenvalue weighted by Crippen LogP contribution is 2.38. The van der Waals surface area contributed by atoms with Gasteiger partial charge in [-0.05, 0) is 36.8 Å². The van der Waals surface area contributed by atoms with Gasteiger partial charge in [-0.1, -0.05) is 25.4 Å². The molecule has 18 heavy (non-hydrogen) atoms. The third kappa shape index (κ3) is 2.87. The Bertz CT molecular complexity index is 444. The molecule has 0 fully saturated rings. The molecule has 3 N–H and O–H groups in total. The second-order valence-corrected chi connectivity index (χ2v) is 6.93. The molecule has 1 aliphatic carbocycles. The van der Waals surface area contributed by atoms with E-state index in [1.165, 1.54) is 10.4 Å². The summed E-state index contributed by atoms with van der Waals surface area (Å²) in [5, 5.41) is 3.40. The first-order valence-electron chi connectivity index (χ1n) is 6.32. The lowest BCUT2D eigenvalue weighted by molar-refractivity contribution is -0.121. The van der Waals surface area contributed by atoms with E-state index in [9.17, 15) is 4.79 Å². The molecule has 3 nitrogen and oxygen atoms in total. The summed E-state index contributed by atoms with van der Waals surface area (Å²) >= 11 is 7.72. The molecule has 0 radical (unpaired) electrons. The third-order valence-electron chi connectivity index (χ3n) is 3.44. The lowest BCUT2D eigenvalue weighted by Crippen LogP contribution is -2.46. The maximum Gasteiger partial charge on any atom is 0.234 e. The number of nitrogens with one attached hydrogen (secondary N) is 1. The average Bonchev–Trinajstić information content (AvgIpc) is 2.65. The number of fused-ring (bicyclic) bond motifs is 1. The van der Waals surface area contributed by atoms with E-state index in [-0.39, 0.29) is 23.9 Å². The van der Waals surface area contributed by atoms with Gasteiger partial charge in [0.1, 0.15) is 0 Å². The van der Waals surface area contributed by atoms with Gasteiger partial charge in [0, 0.05) is 10.9 Å².